The Balaban J connectivity index is 0.874. The average molecular weight is 1120 g/mol. The molecular weight excluding hydrogens is 1050 g/mol. The topological polar surface area (TPSA) is 256 Å². The molecule has 82 heavy (non-hydrogen) atoms. The van der Waals surface area contributed by atoms with E-state index in [0.29, 0.717) is 62.1 Å². The monoisotopic (exact) mass is 1110 g/mol. The summed E-state index contributed by atoms with van der Waals surface area (Å²) >= 11 is 0. The largest absolute Gasteiger partial charge is 0.486 e. The number of piperazine rings is 1. The highest BCUT2D eigenvalue weighted by atomic mass is 19.1. The van der Waals surface area contributed by atoms with Crippen molar-refractivity contribution in [2.75, 3.05) is 50.6 Å². The summed E-state index contributed by atoms with van der Waals surface area (Å²) in [5.41, 5.74) is 14.8. The number of aryl methyl sites for hydroxylation is 1. The fourth-order valence-corrected chi connectivity index (χ4v) is 11.9. The number of carbonyl (C=O) groups excluding carboxylic acids is 2. The van der Waals surface area contributed by atoms with E-state index < -0.39 is 48.5 Å². The molecule has 20 nitrogen and oxygen atoms in total. The molecule has 0 spiro atoms. The summed E-state index contributed by atoms with van der Waals surface area (Å²) in [5, 5.41) is 43.5. The molecule has 3 saturated heterocycles. The van der Waals surface area contributed by atoms with Crippen LogP contribution in [0.15, 0.2) is 79.3 Å². The van der Waals surface area contributed by atoms with Crippen LogP contribution in [0.3, 0.4) is 0 Å². The number of hydrogen-bond acceptors (Lipinski definition) is 17. The van der Waals surface area contributed by atoms with Crippen molar-refractivity contribution in [3.63, 3.8) is 0 Å². The molecule has 7 aromatic rings. The molecule has 426 valence electrons. The van der Waals surface area contributed by atoms with E-state index >= 15 is 4.39 Å². The van der Waals surface area contributed by atoms with Gasteiger partial charge in [-0.2, -0.15) is 14.5 Å². The second kappa shape index (κ2) is 23.0. The third-order valence-electron chi connectivity index (χ3n) is 16.6. The molecule has 4 aromatic carbocycles. The van der Waals surface area contributed by atoms with Crippen LogP contribution in [-0.4, -0.2) is 150 Å². The first-order valence-electron chi connectivity index (χ1n) is 27.9. The van der Waals surface area contributed by atoms with Gasteiger partial charge in [-0.05, 0) is 80.7 Å². The van der Waals surface area contributed by atoms with Gasteiger partial charge in [-0.3, -0.25) is 14.8 Å². The second-order valence-corrected chi connectivity index (χ2v) is 22.5. The smallest absolute Gasteiger partial charge is 0.409 e. The SMILES string of the molecule is C=[N+](C(=O)[C@@H]1C[C@@H](O)CN1C(=O)[C@H](C(C)C)n1cc(-c2ccc(COc3c(-c4c(C)c(F)cc(N)c4C=N)c(C4CC4)cc4c(N5C[C@@H]6C[C@H]5CN6)nc(OC[C@H](C)OC)nc34)cc2)nn1)[C@@H](CO)c1ccc(-c2nccnc2C)cc1. The molecule has 3 aromatic heterocycles. The zero-order valence-corrected chi connectivity index (χ0v) is 46.9. The highest BCUT2D eigenvalue weighted by Gasteiger charge is 2.48. The Morgan fingerprint density at radius 1 is 0.988 bits per heavy atom. The molecule has 4 aliphatic rings. The number of rotatable bonds is 20. The number of nitrogens with one attached hydrogen (secondary N) is 2. The first kappa shape index (κ1) is 55.8. The average Bonchev–Trinajstić information content (AvgIpc) is 3.94. The van der Waals surface area contributed by atoms with E-state index in [1.165, 1.54) is 26.4 Å². The minimum Gasteiger partial charge on any atom is -0.486 e. The maximum absolute atomic E-state index is 16.0. The summed E-state index contributed by atoms with van der Waals surface area (Å²) < 4.78 is 37.5. The van der Waals surface area contributed by atoms with Gasteiger partial charge in [0.1, 0.15) is 55.4 Å². The van der Waals surface area contributed by atoms with Crippen LogP contribution < -0.4 is 25.4 Å². The summed E-state index contributed by atoms with van der Waals surface area (Å²) in [6.45, 7) is 14.6. The van der Waals surface area contributed by atoms with Crippen LogP contribution in [0.2, 0.25) is 0 Å². The molecule has 2 bridgehead atoms. The number of methoxy groups -OCH3 is 1. The number of benzene rings is 4. The van der Waals surface area contributed by atoms with Gasteiger partial charge in [-0.15, -0.1) is 5.10 Å². The number of carbonyl (C=O) groups is 2. The number of aliphatic hydroxyl groups is 2. The van der Waals surface area contributed by atoms with Gasteiger partial charge in [0.15, 0.2) is 11.8 Å². The molecule has 0 radical (unpaired) electrons. The van der Waals surface area contributed by atoms with Gasteiger partial charge >= 0.3 is 11.9 Å². The van der Waals surface area contributed by atoms with Gasteiger partial charge in [-0.1, -0.05) is 67.6 Å². The van der Waals surface area contributed by atoms with Gasteiger partial charge in [-0.25, -0.2) is 13.9 Å². The first-order valence-corrected chi connectivity index (χ1v) is 27.9. The van der Waals surface area contributed by atoms with Crippen LogP contribution in [0.4, 0.5) is 15.9 Å². The Kier molecular flexibility index (Phi) is 15.7. The van der Waals surface area contributed by atoms with E-state index in [4.69, 9.17) is 35.3 Å². The lowest BCUT2D eigenvalue weighted by atomic mass is 9.87. The van der Waals surface area contributed by atoms with Gasteiger partial charge in [0, 0.05) is 108 Å². The zero-order valence-electron chi connectivity index (χ0n) is 46.9. The van der Waals surface area contributed by atoms with Gasteiger partial charge in [0.2, 0.25) is 11.9 Å². The fourth-order valence-electron chi connectivity index (χ4n) is 11.9. The van der Waals surface area contributed by atoms with Crippen molar-refractivity contribution in [3.8, 4) is 45.4 Å². The number of likely N-dealkylation sites (tertiary alicyclic amines) is 1. The number of β-amino-alcohol motifs (C(OH)–C–C–N with tert-alkyl or cyclic N) is 1. The van der Waals surface area contributed by atoms with E-state index in [2.05, 4.69) is 43.3 Å². The molecule has 7 atom stereocenters. The molecule has 21 heteroatoms. The number of amides is 2. The normalized spacial score (nSPS) is 19.7. The van der Waals surface area contributed by atoms with Crippen LogP contribution >= 0.6 is 0 Å². The molecule has 11 rings (SSSR count). The Labute approximate surface area is 474 Å². The number of nitrogen functional groups attached to an aromatic ring is 1. The van der Waals surface area contributed by atoms with Crippen molar-refractivity contribution in [3.05, 3.63) is 119 Å². The van der Waals surface area contributed by atoms with E-state index in [1.807, 2.05) is 64.1 Å². The first-order chi connectivity index (χ1) is 39.5. The van der Waals surface area contributed by atoms with Crippen LogP contribution in [0, 0.1) is 31.0 Å². The zero-order chi connectivity index (χ0) is 57.7. The second-order valence-electron chi connectivity index (χ2n) is 22.5. The summed E-state index contributed by atoms with van der Waals surface area (Å²) in [7, 11) is 1.62. The number of fused-ring (bicyclic) bond motifs is 3. The van der Waals surface area contributed by atoms with E-state index in [0.717, 1.165) is 65.9 Å². The van der Waals surface area contributed by atoms with Gasteiger partial charge in [0.25, 0.3) is 0 Å². The highest BCUT2D eigenvalue weighted by molar-refractivity contribution is 6.05. The summed E-state index contributed by atoms with van der Waals surface area (Å²) in [6, 6.07) is 16.2. The predicted octanol–water partition coefficient (Wildman–Crippen LogP) is 6.90. The van der Waals surface area contributed by atoms with Crippen molar-refractivity contribution in [2.45, 2.75) is 115 Å². The molecule has 0 unspecified atom stereocenters. The van der Waals surface area contributed by atoms with E-state index in [-0.39, 0.29) is 61.9 Å². The van der Waals surface area contributed by atoms with Gasteiger partial charge < -0.3 is 50.7 Å². The lowest BCUT2D eigenvalue weighted by molar-refractivity contribution is -0.493. The van der Waals surface area contributed by atoms with Crippen LogP contribution in [0.25, 0.3) is 44.5 Å². The molecule has 2 amide bonds. The molecule has 1 aliphatic carbocycles. The molecule has 4 fully saturated rings. The number of hydrogen-bond donors (Lipinski definition) is 5. The van der Waals surface area contributed by atoms with Crippen molar-refractivity contribution in [1.82, 2.24) is 45.1 Å². The highest BCUT2D eigenvalue weighted by Crippen LogP contribution is 2.53. The molecule has 6 heterocycles. The summed E-state index contributed by atoms with van der Waals surface area (Å²) in [4.78, 5) is 51.7. The Hall–Kier alpha value is -8.11. The van der Waals surface area contributed by atoms with E-state index in [1.54, 1.807) is 44.8 Å². The Morgan fingerprint density at radius 2 is 1.73 bits per heavy atom. The van der Waals surface area contributed by atoms with Crippen molar-refractivity contribution in [2.24, 2.45) is 5.92 Å². The van der Waals surface area contributed by atoms with Crippen molar-refractivity contribution >= 4 is 47.2 Å². The molecule has 6 N–H and O–H groups in total. The quantitative estimate of drug-likeness (QED) is 0.0295. The maximum atomic E-state index is 16.0. The number of nitrogens with two attached hydrogens (primary N) is 1. The maximum Gasteiger partial charge on any atom is 0.409 e. The van der Waals surface area contributed by atoms with Crippen LogP contribution in [0.1, 0.15) is 98.0 Å². The van der Waals surface area contributed by atoms with Crippen molar-refractivity contribution in [1.29, 1.82) is 5.41 Å². The molecule has 1 saturated carbocycles. The Bertz CT molecular complexity index is 3590. The minimum absolute atomic E-state index is 0.00768. The van der Waals surface area contributed by atoms with Crippen LogP contribution in [0.5, 0.6) is 11.8 Å². The van der Waals surface area contributed by atoms with E-state index in [9.17, 15) is 19.8 Å². The standard InChI is InChI=1S/C61H69FN13O7/c1-32(2)56(60(79)74-27-43(77)21-50(74)59(78)72(6)51(29-76)39-14-16-40(17-15-39)54-35(5)65-18-19-66-54)75-28-49(70-71-75)38-10-8-36(9-11-38)31-81-57-53(52-34(4)47(62)23-48(64)46(52)24-63)44(37-12-13-37)22-45-55(57)68-61(82-30-33(3)80-7)69-58(45)73-26-41-20-42(73)25-67-41/h8-11,14-19,22-24,28,32-33,37,41-43,50-51,56,63,67,76-77H,6,12-13,20-21,25-27,29-31,64H2,1-5,7H3/q+1/t33-,41-,42-,43+,50-,51-,56-/m0/s1. The number of nitrogens with zero attached hydrogens (tertiary/aromatic N) is 10. The number of aromatic nitrogens is 7. The number of halogens is 1. The summed E-state index contributed by atoms with van der Waals surface area (Å²) in [5.74, 6) is -0.488. The third-order valence-corrected chi connectivity index (χ3v) is 16.6. The van der Waals surface area contributed by atoms with Crippen LogP contribution in [-0.2, 0) is 20.9 Å². The predicted molar refractivity (Wildman–Crippen MR) is 308 cm³/mol. The fraction of sp³-hybridized carbons (Fsp3) is 0.410. The minimum atomic E-state index is -1.05. The molecular formula is C61H69FN13O7+. The number of ether oxygens (including phenoxy) is 3. The molecule has 3 aliphatic heterocycles. The lowest BCUT2D eigenvalue weighted by Crippen LogP contribution is -2.48. The lowest BCUT2D eigenvalue weighted by Gasteiger charge is -2.30. The third kappa shape index (κ3) is 10.7. The number of aliphatic hydroxyl groups excluding tert-OH is 2. The van der Waals surface area contributed by atoms with Gasteiger partial charge in [0.05, 0.1) is 29.8 Å². The Morgan fingerprint density at radius 3 is 2.39 bits per heavy atom. The summed E-state index contributed by atoms with van der Waals surface area (Å²) in [6.07, 6.45) is 7.69. The number of anilines is 2. The van der Waals surface area contributed by atoms with Crippen molar-refractivity contribution < 1.29 is 43.0 Å².